The minimum Gasteiger partial charge on any atom is -0.475 e. The molecule has 1 N–H and O–H groups in total. The number of carbonyl (C=O) groups is 2. The second-order valence-corrected chi connectivity index (χ2v) is 8.21. The average molecular weight is 397 g/mol. The predicted octanol–water partition coefficient (Wildman–Crippen LogP) is 3.62. The van der Waals surface area contributed by atoms with Crippen molar-refractivity contribution in [3.8, 4) is 0 Å². The van der Waals surface area contributed by atoms with E-state index < -0.39 is 5.97 Å². The highest BCUT2D eigenvalue weighted by Gasteiger charge is 2.37. The molecule has 1 saturated carbocycles. The van der Waals surface area contributed by atoms with E-state index in [1.165, 1.54) is 11.1 Å². The Morgan fingerprint density at radius 1 is 1.14 bits per heavy atom. The maximum absolute atomic E-state index is 13.1. The van der Waals surface area contributed by atoms with Crippen LogP contribution in [-0.4, -0.2) is 45.1 Å². The maximum atomic E-state index is 13.1. The topological polar surface area (TPSA) is 96.5 Å². The average Bonchev–Trinajstić information content (AvgIpc) is 3.45. The SMILES string of the molecule is CCc1ccc(C2CC(c3nc(C(=O)O)no3)CN(C(=O)C3CCCC3)C2)cc1. The number of hydrogen-bond acceptors (Lipinski definition) is 5. The number of carboxylic acid groups (broad SMARTS) is 1. The number of likely N-dealkylation sites (tertiary alicyclic amines) is 1. The fourth-order valence-corrected chi connectivity index (χ4v) is 4.64. The van der Waals surface area contributed by atoms with Gasteiger partial charge in [-0.25, -0.2) is 4.79 Å². The Balaban J connectivity index is 1.59. The van der Waals surface area contributed by atoms with Gasteiger partial charge in [-0.05, 0) is 42.0 Å². The van der Waals surface area contributed by atoms with Crippen molar-refractivity contribution in [1.82, 2.24) is 15.0 Å². The number of piperidine rings is 1. The number of nitrogens with zero attached hydrogens (tertiary/aromatic N) is 3. The molecule has 2 aromatic rings. The van der Waals surface area contributed by atoms with Gasteiger partial charge < -0.3 is 14.5 Å². The summed E-state index contributed by atoms with van der Waals surface area (Å²) in [6.45, 7) is 3.31. The molecule has 1 amide bonds. The van der Waals surface area contributed by atoms with E-state index in [1.54, 1.807) is 0 Å². The molecule has 4 rings (SSSR count). The van der Waals surface area contributed by atoms with Gasteiger partial charge in [-0.3, -0.25) is 4.79 Å². The number of aryl methyl sites for hydroxylation is 1. The monoisotopic (exact) mass is 397 g/mol. The van der Waals surface area contributed by atoms with Crippen LogP contribution in [0.3, 0.4) is 0 Å². The Morgan fingerprint density at radius 2 is 1.83 bits per heavy atom. The summed E-state index contributed by atoms with van der Waals surface area (Å²) in [5.41, 5.74) is 2.47. The Hall–Kier alpha value is -2.70. The molecular weight excluding hydrogens is 370 g/mol. The number of benzene rings is 1. The molecule has 2 heterocycles. The zero-order valence-corrected chi connectivity index (χ0v) is 16.7. The van der Waals surface area contributed by atoms with Gasteiger partial charge in [-0.15, -0.1) is 0 Å². The summed E-state index contributed by atoms with van der Waals surface area (Å²) in [5.74, 6) is -0.920. The Labute approximate surface area is 170 Å². The zero-order chi connectivity index (χ0) is 20.4. The predicted molar refractivity (Wildman–Crippen MR) is 106 cm³/mol. The van der Waals surface area contributed by atoms with Gasteiger partial charge >= 0.3 is 5.97 Å². The van der Waals surface area contributed by atoms with Crippen molar-refractivity contribution in [1.29, 1.82) is 0 Å². The molecule has 1 aliphatic heterocycles. The Morgan fingerprint density at radius 3 is 2.45 bits per heavy atom. The quantitative estimate of drug-likeness (QED) is 0.828. The first-order valence-electron chi connectivity index (χ1n) is 10.5. The third-order valence-corrected chi connectivity index (χ3v) is 6.31. The molecule has 1 saturated heterocycles. The first kappa shape index (κ1) is 19.6. The van der Waals surface area contributed by atoms with Crippen molar-refractivity contribution in [2.45, 2.75) is 57.3 Å². The number of hydrogen-bond donors (Lipinski definition) is 1. The molecule has 7 nitrogen and oxygen atoms in total. The molecule has 0 spiro atoms. The highest BCUT2D eigenvalue weighted by Crippen LogP contribution is 2.37. The number of aromatic carboxylic acids is 1. The molecule has 2 atom stereocenters. The van der Waals surface area contributed by atoms with Gasteiger partial charge in [0.2, 0.25) is 11.8 Å². The highest BCUT2D eigenvalue weighted by atomic mass is 16.5. The van der Waals surface area contributed by atoms with Crippen LogP contribution in [0.25, 0.3) is 0 Å². The third-order valence-electron chi connectivity index (χ3n) is 6.31. The Kier molecular flexibility index (Phi) is 5.65. The van der Waals surface area contributed by atoms with Gasteiger partial charge in [0.05, 0.1) is 5.92 Å². The third kappa shape index (κ3) is 4.18. The lowest BCUT2D eigenvalue weighted by molar-refractivity contribution is -0.137. The van der Waals surface area contributed by atoms with E-state index in [9.17, 15) is 9.59 Å². The second-order valence-electron chi connectivity index (χ2n) is 8.21. The lowest BCUT2D eigenvalue weighted by atomic mass is 9.83. The number of aromatic nitrogens is 2. The molecule has 1 aliphatic carbocycles. The van der Waals surface area contributed by atoms with Crippen LogP contribution in [0.5, 0.6) is 0 Å². The summed E-state index contributed by atoms with van der Waals surface area (Å²) in [6.07, 6.45) is 5.88. The van der Waals surface area contributed by atoms with E-state index in [0.717, 1.165) is 38.5 Å². The van der Waals surface area contributed by atoms with Crippen LogP contribution >= 0.6 is 0 Å². The normalized spacial score (nSPS) is 22.7. The standard InChI is InChI=1S/C22H27N3O4/c1-2-14-7-9-15(10-8-14)17-11-18(20-23-19(22(27)28)24-29-20)13-25(12-17)21(26)16-5-3-4-6-16/h7-10,16-18H,2-6,11-13H2,1H3,(H,27,28). The largest absolute Gasteiger partial charge is 0.475 e. The number of carboxylic acids is 1. The lowest BCUT2D eigenvalue weighted by Gasteiger charge is -2.38. The highest BCUT2D eigenvalue weighted by molar-refractivity contribution is 5.82. The zero-order valence-electron chi connectivity index (χ0n) is 16.7. The van der Waals surface area contributed by atoms with Crippen LogP contribution in [-0.2, 0) is 11.2 Å². The Bertz CT molecular complexity index is 870. The van der Waals surface area contributed by atoms with E-state index in [0.29, 0.717) is 19.0 Å². The van der Waals surface area contributed by atoms with Crippen LogP contribution in [0.2, 0.25) is 0 Å². The smallest absolute Gasteiger partial charge is 0.377 e. The lowest BCUT2D eigenvalue weighted by Crippen LogP contribution is -2.44. The molecule has 154 valence electrons. The molecule has 2 fully saturated rings. The fraction of sp³-hybridized carbons (Fsp3) is 0.545. The summed E-state index contributed by atoms with van der Waals surface area (Å²) >= 11 is 0. The molecule has 29 heavy (non-hydrogen) atoms. The second kappa shape index (κ2) is 8.35. The number of rotatable bonds is 5. The van der Waals surface area contributed by atoms with Gasteiger partial charge in [-0.1, -0.05) is 44.0 Å². The number of carbonyl (C=O) groups excluding carboxylic acids is 1. The van der Waals surface area contributed by atoms with E-state index in [1.807, 2.05) is 4.90 Å². The summed E-state index contributed by atoms with van der Waals surface area (Å²) in [7, 11) is 0. The van der Waals surface area contributed by atoms with Gasteiger partial charge in [0.15, 0.2) is 0 Å². The molecule has 1 aromatic heterocycles. The summed E-state index contributed by atoms with van der Waals surface area (Å²) in [5, 5.41) is 12.7. The van der Waals surface area contributed by atoms with Crippen molar-refractivity contribution in [3.63, 3.8) is 0 Å². The van der Waals surface area contributed by atoms with Gasteiger partial charge in [-0.2, -0.15) is 4.98 Å². The van der Waals surface area contributed by atoms with E-state index in [4.69, 9.17) is 9.63 Å². The van der Waals surface area contributed by atoms with Crippen LogP contribution in [0, 0.1) is 5.92 Å². The van der Waals surface area contributed by atoms with Crippen LogP contribution < -0.4 is 0 Å². The van der Waals surface area contributed by atoms with Crippen molar-refractivity contribution < 1.29 is 19.2 Å². The van der Waals surface area contributed by atoms with Crippen molar-refractivity contribution in [2.75, 3.05) is 13.1 Å². The first-order valence-corrected chi connectivity index (χ1v) is 10.5. The van der Waals surface area contributed by atoms with Crippen LogP contribution in [0.15, 0.2) is 28.8 Å². The van der Waals surface area contributed by atoms with Crippen molar-refractivity contribution in [3.05, 3.63) is 47.1 Å². The molecule has 1 aromatic carbocycles. The maximum Gasteiger partial charge on any atom is 0.377 e. The summed E-state index contributed by atoms with van der Waals surface area (Å²) < 4.78 is 5.26. The molecule has 2 aliphatic rings. The van der Waals surface area contributed by atoms with Crippen molar-refractivity contribution in [2.24, 2.45) is 5.92 Å². The summed E-state index contributed by atoms with van der Waals surface area (Å²) in [4.78, 5) is 30.3. The minimum absolute atomic E-state index is 0.106. The molecule has 0 bridgehead atoms. The fourth-order valence-electron chi connectivity index (χ4n) is 4.64. The molecular formula is C22H27N3O4. The van der Waals surface area contributed by atoms with E-state index in [2.05, 4.69) is 41.3 Å². The van der Waals surface area contributed by atoms with Gasteiger partial charge in [0, 0.05) is 24.9 Å². The van der Waals surface area contributed by atoms with Crippen molar-refractivity contribution >= 4 is 11.9 Å². The van der Waals surface area contributed by atoms with Gasteiger partial charge in [0.25, 0.3) is 5.82 Å². The van der Waals surface area contributed by atoms with Crippen LogP contribution in [0.1, 0.15) is 78.5 Å². The van der Waals surface area contributed by atoms with E-state index in [-0.39, 0.29) is 29.5 Å². The molecule has 0 radical (unpaired) electrons. The first-order chi connectivity index (χ1) is 14.0. The van der Waals surface area contributed by atoms with E-state index >= 15 is 0 Å². The summed E-state index contributed by atoms with van der Waals surface area (Å²) in [6, 6.07) is 8.55. The van der Waals surface area contributed by atoms with Crippen LogP contribution in [0.4, 0.5) is 0 Å². The minimum atomic E-state index is -1.21. The molecule has 7 heteroatoms. The number of amides is 1. The molecule has 2 unspecified atom stereocenters. The van der Waals surface area contributed by atoms with Gasteiger partial charge in [0.1, 0.15) is 0 Å².